The molecule has 0 heterocycles. The predicted octanol–water partition coefficient (Wildman–Crippen LogP) is 3.08. The number of carbonyl (C=O) groups is 1. The molecule has 3 nitrogen and oxygen atoms in total. The Morgan fingerprint density at radius 2 is 1.29 bits per heavy atom. The summed E-state index contributed by atoms with van der Waals surface area (Å²) in [7, 11) is 0. The van der Waals surface area contributed by atoms with Crippen LogP contribution >= 0.6 is 0 Å². The first-order valence-electron chi connectivity index (χ1n) is 3.40. The highest BCUT2D eigenvalue weighted by Crippen LogP contribution is 2.15. The van der Waals surface area contributed by atoms with Crippen molar-refractivity contribution in [1.29, 1.82) is 0 Å². The number of rotatable bonds is 4. The average Bonchev–Trinajstić information content (AvgIpc) is 1.79. The third-order valence-electron chi connectivity index (χ3n) is 0.886. The summed E-state index contributed by atoms with van der Waals surface area (Å²) in [5, 5.41) is 13.9. The fourth-order valence-electron chi connectivity index (χ4n) is 0.520. The monoisotopic (exact) mass is 218 g/mol. The van der Waals surface area contributed by atoms with Crippen molar-refractivity contribution in [1.82, 2.24) is 0 Å². The van der Waals surface area contributed by atoms with E-state index in [1.165, 1.54) is 0 Å². The van der Waals surface area contributed by atoms with Crippen LogP contribution in [0, 0.1) is 0 Å². The smallest absolute Gasteiger partial charge is 0.450 e. The maximum Gasteiger partial charge on any atom is 0.503 e. The normalized spacial score (nSPS) is 9.57. The molecular weight excluding hydrogens is 208 g/mol. The van der Waals surface area contributed by atoms with Crippen LogP contribution < -0.4 is 0 Å². The second kappa shape index (κ2) is 8.33. The molecule has 0 rings (SSSR count). The van der Waals surface area contributed by atoms with E-state index in [1.807, 2.05) is 0 Å². The predicted molar refractivity (Wildman–Crippen MR) is 41.0 cm³/mol. The Kier molecular flexibility index (Phi) is 9.06. The van der Waals surface area contributed by atoms with Crippen LogP contribution in [0.25, 0.3) is 0 Å². The largest absolute Gasteiger partial charge is 0.503 e. The van der Waals surface area contributed by atoms with Gasteiger partial charge in [0, 0.05) is 12.8 Å². The molecule has 0 bridgehead atoms. The first-order chi connectivity index (χ1) is 6.25. The van der Waals surface area contributed by atoms with Crippen molar-refractivity contribution < 1.29 is 32.6 Å². The van der Waals surface area contributed by atoms with E-state index in [2.05, 4.69) is 6.58 Å². The van der Waals surface area contributed by atoms with Gasteiger partial charge in [0.1, 0.15) is 0 Å². The number of carboxylic acid groups (broad SMARTS) is 2. The molecule has 0 radical (unpaired) electrons. The lowest BCUT2D eigenvalue weighted by atomic mass is 10.1. The fraction of sp³-hybridized carbons (Fsp3) is 0.571. The second-order valence-corrected chi connectivity index (χ2v) is 2.22. The number of halogens is 4. The van der Waals surface area contributed by atoms with Crippen LogP contribution in [-0.4, -0.2) is 29.2 Å². The van der Waals surface area contributed by atoms with Crippen molar-refractivity contribution >= 4 is 6.16 Å². The molecule has 0 amide bonds. The molecule has 0 aromatic carbocycles. The molecule has 2 N–H and O–H groups in total. The minimum absolute atomic E-state index is 0.0926. The Labute approximate surface area is 77.7 Å². The van der Waals surface area contributed by atoms with E-state index in [1.54, 1.807) is 0 Å². The lowest BCUT2D eigenvalue weighted by Gasteiger charge is -2.02. The van der Waals surface area contributed by atoms with Crippen LogP contribution in [-0.2, 0) is 0 Å². The third kappa shape index (κ3) is 22.4. The Morgan fingerprint density at radius 3 is 1.43 bits per heavy atom. The summed E-state index contributed by atoms with van der Waals surface area (Å²) in [4.78, 5) is 8.56. The molecule has 0 aliphatic rings. The molecule has 0 saturated heterocycles. The topological polar surface area (TPSA) is 57.5 Å². The molecule has 0 atom stereocenters. The number of hydrogen-bond donors (Lipinski definition) is 2. The molecule has 0 fully saturated rings. The molecule has 0 aliphatic heterocycles. The molecule has 0 aliphatic carbocycles. The van der Waals surface area contributed by atoms with Gasteiger partial charge in [-0.15, -0.1) is 0 Å². The van der Waals surface area contributed by atoms with Gasteiger partial charge in [0.15, 0.2) is 0 Å². The Morgan fingerprint density at radius 1 is 1.07 bits per heavy atom. The standard InChI is InChI=1S/C6H8F4.CH2O3/c1-4(2-5(7)8)3-6(9)10;2-1(3)4/h5-6H,1-3H2;(H2,2,3,4). The van der Waals surface area contributed by atoms with Gasteiger partial charge in [0.2, 0.25) is 12.9 Å². The van der Waals surface area contributed by atoms with Crippen molar-refractivity contribution in [3.63, 3.8) is 0 Å². The molecule has 0 unspecified atom stereocenters. The Hall–Kier alpha value is -1.27. The minimum atomic E-state index is -2.56. The Balaban J connectivity index is 0. The van der Waals surface area contributed by atoms with Crippen LogP contribution in [0.5, 0.6) is 0 Å². The van der Waals surface area contributed by atoms with Crippen LogP contribution in [0.1, 0.15) is 12.8 Å². The van der Waals surface area contributed by atoms with Crippen molar-refractivity contribution in [3.8, 4) is 0 Å². The molecule has 84 valence electrons. The van der Waals surface area contributed by atoms with Gasteiger partial charge in [-0.1, -0.05) is 12.2 Å². The van der Waals surface area contributed by atoms with E-state index in [0.717, 1.165) is 0 Å². The lowest BCUT2D eigenvalue weighted by molar-refractivity contribution is 0.128. The van der Waals surface area contributed by atoms with Gasteiger partial charge in [-0.05, 0) is 0 Å². The summed E-state index contributed by atoms with van der Waals surface area (Å²) in [6, 6.07) is 0. The van der Waals surface area contributed by atoms with Gasteiger partial charge >= 0.3 is 6.16 Å². The highest BCUT2D eigenvalue weighted by Gasteiger charge is 2.10. The fourth-order valence-corrected chi connectivity index (χ4v) is 0.520. The van der Waals surface area contributed by atoms with Crippen LogP contribution in [0.3, 0.4) is 0 Å². The van der Waals surface area contributed by atoms with E-state index in [4.69, 9.17) is 15.0 Å². The number of alkyl halides is 4. The molecule has 0 aromatic heterocycles. The second-order valence-electron chi connectivity index (χ2n) is 2.22. The van der Waals surface area contributed by atoms with E-state index < -0.39 is 31.8 Å². The maximum atomic E-state index is 11.4. The van der Waals surface area contributed by atoms with Gasteiger partial charge in [-0.2, -0.15) is 0 Å². The number of hydrogen-bond acceptors (Lipinski definition) is 1. The third-order valence-corrected chi connectivity index (χ3v) is 0.886. The maximum absolute atomic E-state index is 11.4. The first kappa shape index (κ1) is 15.2. The van der Waals surface area contributed by atoms with E-state index in [9.17, 15) is 17.6 Å². The molecule has 7 heteroatoms. The summed E-state index contributed by atoms with van der Waals surface area (Å²) in [6.07, 6.45) is -8.20. The first-order valence-corrected chi connectivity index (χ1v) is 3.40. The van der Waals surface area contributed by atoms with E-state index in [-0.39, 0.29) is 5.57 Å². The summed E-state index contributed by atoms with van der Waals surface area (Å²) >= 11 is 0. The molecule has 0 spiro atoms. The lowest BCUT2D eigenvalue weighted by Crippen LogP contribution is -1.98. The van der Waals surface area contributed by atoms with Gasteiger partial charge in [0.05, 0.1) is 0 Å². The van der Waals surface area contributed by atoms with E-state index in [0.29, 0.717) is 0 Å². The van der Waals surface area contributed by atoms with Crippen LogP contribution in [0.2, 0.25) is 0 Å². The van der Waals surface area contributed by atoms with Crippen LogP contribution in [0.4, 0.5) is 22.4 Å². The zero-order valence-electron chi connectivity index (χ0n) is 7.09. The SMILES string of the molecule is C=C(CC(F)F)CC(F)F.O=C(O)O. The molecular formula is C7H10F4O3. The zero-order valence-corrected chi connectivity index (χ0v) is 7.09. The highest BCUT2D eigenvalue weighted by atomic mass is 19.3. The number of allylic oxidation sites excluding steroid dienone is 1. The molecule has 0 aromatic rings. The van der Waals surface area contributed by atoms with Crippen molar-refractivity contribution in [2.75, 3.05) is 0 Å². The summed E-state index contributed by atoms with van der Waals surface area (Å²) in [5.41, 5.74) is -0.0926. The zero-order chi connectivity index (χ0) is 11.7. The van der Waals surface area contributed by atoms with Gasteiger partial charge in [-0.25, -0.2) is 22.4 Å². The summed E-state index contributed by atoms with van der Waals surface area (Å²) in [5.74, 6) is 0. The van der Waals surface area contributed by atoms with Crippen molar-refractivity contribution in [2.24, 2.45) is 0 Å². The van der Waals surface area contributed by atoms with Crippen molar-refractivity contribution in [2.45, 2.75) is 25.7 Å². The molecule has 0 saturated carbocycles. The van der Waals surface area contributed by atoms with Gasteiger partial charge < -0.3 is 10.2 Å². The average molecular weight is 218 g/mol. The quantitative estimate of drug-likeness (QED) is 0.563. The Bertz CT molecular complexity index is 166. The van der Waals surface area contributed by atoms with Gasteiger partial charge in [0.25, 0.3) is 0 Å². The van der Waals surface area contributed by atoms with Crippen molar-refractivity contribution in [3.05, 3.63) is 12.2 Å². The highest BCUT2D eigenvalue weighted by molar-refractivity contribution is 5.53. The summed E-state index contributed by atoms with van der Waals surface area (Å²) in [6.45, 7) is 3.08. The summed E-state index contributed by atoms with van der Waals surface area (Å²) < 4.78 is 45.7. The van der Waals surface area contributed by atoms with Crippen LogP contribution in [0.15, 0.2) is 12.2 Å². The van der Waals surface area contributed by atoms with E-state index >= 15 is 0 Å². The molecule has 14 heavy (non-hydrogen) atoms. The minimum Gasteiger partial charge on any atom is -0.450 e. The van der Waals surface area contributed by atoms with Gasteiger partial charge in [-0.3, -0.25) is 0 Å².